The van der Waals surface area contributed by atoms with Crippen molar-refractivity contribution >= 4 is 103 Å². The maximum atomic E-state index is 5.72. The van der Waals surface area contributed by atoms with Crippen LogP contribution in [0.25, 0.3) is 126 Å². The van der Waals surface area contributed by atoms with Crippen LogP contribution in [0.3, 0.4) is 0 Å². The van der Waals surface area contributed by atoms with Crippen LogP contribution in [-0.4, -0.2) is 23.5 Å². The highest BCUT2D eigenvalue weighted by molar-refractivity contribution is 6.37. The van der Waals surface area contributed by atoms with Gasteiger partial charge in [0, 0.05) is 59.7 Å². The van der Waals surface area contributed by atoms with Crippen molar-refractivity contribution in [2.24, 2.45) is 0 Å². The van der Waals surface area contributed by atoms with Gasteiger partial charge in [0.25, 0.3) is 0 Å². The second-order valence-electron chi connectivity index (χ2n) is 15.7. The molecule has 5 heteroatoms. The summed E-state index contributed by atoms with van der Waals surface area (Å²) in [5.41, 5.74) is 12.2. The van der Waals surface area contributed by atoms with Gasteiger partial charge in [-0.15, -0.1) is 0 Å². The smallest absolute Gasteiger partial charge is 0.235 e. The third kappa shape index (κ3) is 3.98. The van der Waals surface area contributed by atoms with E-state index in [9.17, 15) is 0 Å². The number of rotatable bonds is 3. The number of nitrogens with zero attached hydrogens (tertiary/aromatic N) is 5. The van der Waals surface area contributed by atoms with E-state index in [4.69, 9.17) is 9.97 Å². The molecule has 0 amide bonds. The molecule has 0 unspecified atom stereocenters. The monoisotopic (exact) mass is 749 g/mol. The Hall–Kier alpha value is -8.02. The van der Waals surface area contributed by atoms with Crippen molar-refractivity contribution < 1.29 is 0 Å². The van der Waals surface area contributed by atoms with Crippen molar-refractivity contribution in [2.45, 2.75) is 0 Å². The Labute approximate surface area is 336 Å². The van der Waals surface area contributed by atoms with Crippen molar-refractivity contribution in [3.05, 3.63) is 188 Å². The first kappa shape index (κ1) is 31.1. The van der Waals surface area contributed by atoms with Crippen molar-refractivity contribution in [1.82, 2.24) is 23.5 Å². The number of hydrogen-bond acceptors (Lipinski definition) is 2. The molecule has 0 aliphatic heterocycles. The van der Waals surface area contributed by atoms with Gasteiger partial charge >= 0.3 is 0 Å². The lowest BCUT2D eigenvalue weighted by molar-refractivity contribution is 1.02. The van der Waals surface area contributed by atoms with Gasteiger partial charge in [0.2, 0.25) is 5.95 Å². The first-order valence-corrected chi connectivity index (χ1v) is 20.2. The molecule has 0 saturated carbocycles. The second-order valence-corrected chi connectivity index (χ2v) is 15.7. The Morgan fingerprint density at radius 2 is 0.966 bits per heavy atom. The third-order valence-electron chi connectivity index (χ3n) is 12.7. The molecular weight excluding hydrogens is 719 g/mol. The standard InChI is InChI=1S/C54H31N5/c1-2-16-33(17-3-1)57-45-27-13-9-22-38(45)48-39(23-14-28-46(48)57)51-37-21-6-10-24-42(37)55-54(56-51)59-44-26-12-8-20-36(44)41-31-40-35-19-7-11-25-43(35)58-47-30-29-32-15-4-5-18-34(32)49(47)50(52(40)58)53(41)59/h1-31H. The zero-order valence-corrected chi connectivity index (χ0v) is 31.6. The molecule has 0 N–H and O–H groups in total. The summed E-state index contributed by atoms with van der Waals surface area (Å²) in [7, 11) is 0. The van der Waals surface area contributed by atoms with E-state index in [0.717, 1.165) is 49.9 Å². The lowest BCUT2D eigenvalue weighted by Crippen LogP contribution is -2.04. The van der Waals surface area contributed by atoms with Gasteiger partial charge in [-0.05, 0) is 65.4 Å². The van der Waals surface area contributed by atoms with E-state index in [0.29, 0.717) is 5.95 Å². The summed E-state index contributed by atoms with van der Waals surface area (Å²) >= 11 is 0. The quantitative estimate of drug-likeness (QED) is 0.180. The molecule has 0 radical (unpaired) electrons. The maximum Gasteiger partial charge on any atom is 0.235 e. The van der Waals surface area contributed by atoms with Gasteiger partial charge < -0.3 is 8.97 Å². The first-order valence-electron chi connectivity index (χ1n) is 20.2. The molecule has 14 aromatic rings. The van der Waals surface area contributed by atoms with Gasteiger partial charge in [-0.2, -0.15) is 0 Å². The van der Waals surface area contributed by atoms with Gasteiger partial charge in [-0.25, -0.2) is 9.97 Å². The van der Waals surface area contributed by atoms with Gasteiger partial charge in [-0.1, -0.05) is 133 Å². The van der Waals surface area contributed by atoms with E-state index >= 15 is 0 Å². The molecule has 0 fully saturated rings. The maximum absolute atomic E-state index is 5.72. The van der Waals surface area contributed by atoms with Crippen LogP contribution >= 0.6 is 0 Å². The van der Waals surface area contributed by atoms with Crippen molar-refractivity contribution in [1.29, 1.82) is 0 Å². The molecule has 0 atom stereocenters. The summed E-state index contributed by atoms with van der Waals surface area (Å²) in [6.45, 7) is 0. The van der Waals surface area contributed by atoms with E-state index in [2.05, 4.69) is 202 Å². The van der Waals surface area contributed by atoms with Crippen molar-refractivity contribution in [3.8, 4) is 22.9 Å². The SMILES string of the molecule is c1ccc(-n2c3ccccc3c3c(-c4nc(-n5c6ccccc6c6cc7c8ccccc8n8c9ccc%10ccccc%10c9c(c65)c78)nc5ccccc45)cccc32)cc1. The summed E-state index contributed by atoms with van der Waals surface area (Å²) in [6, 6.07) is 67.9. The Balaban J connectivity index is 1.17. The largest absolute Gasteiger partial charge is 0.309 e. The van der Waals surface area contributed by atoms with Crippen LogP contribution in [0.15, 0.2) is 188 Å². The average Bonchev–Trinajstić information content (AvgIpc) is 4.03. The molecule has 0 aliphatic carbocycles. The first-order chi connectivity index (χ1) is 29.3. The van der Waals surface area contributed by atoms with Gasteiger partial charge in [0.1, 0.15) is 0 Å². The molecular formula is C54H31N5. The highest BCUT2D eigenvalue weighted by atomic mass is 15.2. The van der Waals surface area contributed by atoms with Crippen LogP contribution in [0, 0.1) is 0 Å². The summed E-state index contributed by atoms with van der Waals surface area (Å²) in [5, 5.41) is 13.2. The number of aromatic nitrogens is 5. The molecule has 5 nitrogen and oxygen atoms in total. The van der Waals surface area contributed by atoms with Gasteiger partial charge in [0.05, 0.1) is 49.8 Å². The van der Waals surface area contributed by atoms with E-state index < -0.39 is 0 Å². The van der Waals surface area contributed by atoms with Crippen LogP contribution < -0.4 is 0 Å². The fraction of sp³-hybridized carbons (Fsp3) is 0. The van der Waals surface area contributed by atoms with Crippen LogP contribution in [-0.2, 0) is 0 Å². The van der Waals surface area contributed by atoms with Crippen LogP contribution in [0.4, 0.5) is 0 Å². The predicted octanol–water partition coefficient (Wildman–Crippen LogP) is 13.8. The van der Waals surface area contributed by atoms with Crippen LogP contribution in [0.2, 0.25) is 0 Å². The highest BCUT2D eigenvalue weighted by Gasteiger charge is 2.27. The molecule has 5 aromatic heterocycles. The minimum atomic E-state index is 0.653. The summed E-state index contributed by atoms with van der Waals surface area (Å²) in [4.78, 5) is 11.2. The Kier molecular flexibility index (Phi) is 5.96. The molecule has 9 aromatic carbocycles. The Morgan fingerprint density at radius 1 is 0.339 bits per heavy atom. The van der Waals surface area contributed by atoms with Crippen molar-refractivity contribution in [3.63, 3.8) is 0 Å². The molecule has 272 valence electrons. The van der Waals surface area contributed by atoms with Crippen LogP contribution in [0.5, 0.6) is 0 Å². The van der Waals surface area contributed by atoms with Gasteiger partial charge in [0.15, 0.2) is 0 Å². The topological polar surface area (TPSA) is 40.0 Å². The molecule has 0 bridgehead atoms. The van der Waals surface area contributed by atoms with Crippen molar-refractivity contribution in [2.75, 3.05) is 0 Å². The van der Waals surface area contributed by atoms with E-state index in [1.54, 1.807) is 0 Å². The highest BCUT2D eigenvalue weighted by Crippen LogP contribution is 2.48. The molecule has 5 heterocycles. The zero-order valence-electron chi connectivity index (χ0n) is 31.6. The fourth-order valence-corrected chi connectivity index (χ4v) is 10.4. The van der Waals surface area contributed by atoms with E-state index in [1.807, 2.05) is 0 Å². The number of fused-ring (bicyclic) bond motifs is 16. The predicted molar refractivity (Wildman–Crippen MR) is 246 cm³/mol. The lowest BCUT2D eigenvalue weighted by atomic mass is 9.99. The summed E-state index contributed by atoms with van der Waals surface area (Å²) in [5.74, 6) is 0.653. The minimum absolute atomic E-state index is 0.653. The molecule has 0 aliphatic rings. The minimum Gasteiger partial charge on any atom is -0.309 e. The fourth-order valence-electron chi connectivity index (χ4n) is 10.4. The lowest BCUT2D eigenvalue weighted by Gasteiger charge is -2.13. The Bertz CT molecular complexity index is 4070. The van der Waals surface area contributed by atoms with Gasteiger partial charge in [-0.3, -0.25) is 4.57 Å². The summed E-state index contributed by atoms with van der Waals surface area (Å²) < 4.78 is 7.21. The molecule has 14 rings (SSSR count). The molecule has 0 spiro atoms. The summed E-state index contributed by atoms with van der Waals surface area (Å²) in [6.07, 6.45) is 0. The number of benzene rings is 9. The van der Waals surface area contributed by atoms with Crippen LogP contribution in [0.1, 0.15) is 0 Å². The average molecular weight is 750 g/mol. The zero-order chi connectivity index (χ0) is 38.3. The third-order valence-corrected chi connectivity index (χ3v) is 12.7. The van der Waals surface area contributed by atoms with E-state index in [-0.39, 0.29) is 0 Å². The molecule has 0 saturated heterocycles. The Morgan fingerprint density at radius 3 is 1.80 bits per heavy atom. The second kappa shape index (κ2) is 11.3. The van der Waals surface area contributed by atoms with E-state index in [1.165, 1.54) is 70.4 Å². The number of hydrogen-bond donors (Lipinski definition) is 0. The number of para-hydroxylation sites is 5. The molecule has 59 heavy (non-hydrogen) atoms. The normalized spacial score (nSPS) is 12.4.